The highest BCUT2D eigenvalue weighted by Gasteiger charge is 2.09. The lowest BCUT2D eigenvalue weighted by atomic mass is 10.1. The second kappa shape index (κ2) is 5.07. The number of halogens is 1. The highest BCUT2D eigenvalue weighted by Crippen LogP contribution is 2.25. The number of hydrogen-bond donors (Lipinski definition) is 0. The highest BCUT2D eigenvalue weighted by molar-refractivity contribution is 9.10. The van der Waals surface area contributed by atoms with Gasteiger partial charge in [-0.3, -0.25) is 0 Å². The zero-order valence-electron chi connectivity index (χ0n) is 9.35. The molecule has 0 amide bonds. The maximum Gasteiger partial charge on any atom is 0.101 e. The average molecular weight is 291 g/mol. The fourth-order valence-electron chi connectivity index (χ4n) is 1.66. The first-order chi connectivity index (χ1) is 8.20. The van der Waals surface area contributed by atoms with Gasteiger partial charge in [0.25, 0.3) is 0 Å². The van der Waals surface area contributed by atoms with Crippen molar-refractivity contribution in [1.29, 1.82) is 5.26 Å². The molecule has 0 bridgehead atoms. The molecule has 17 heavy (non-hydrogen) atoms. The third-order valence-corrected chi connectivity index (χ3v) is 2.98. The topological polar surface area (TPSA) is 40.2 Å². The summed E-state index contributed by atoms with van der Waals surface area (Å²) in [5, 5.41) is 9.07. The first kappa shape index (κ1) is 11.7. The molecule has 0 unspecified atom stereocenters. The van der Waals surface area contributed by atoms with Crippen LogP contribution in [0.1, 0.15) is 11.1 Å². The van der Waals surface area contributed by atoms with Crippen LogP contribution in [0.25, 0.3) is 0 Å². The molecule has 0 atom stereocenters. The van der Waals surface area contributed by atoms with Crippen LogP contribution < -0.4 is 4.90 Å². The molecule has 0 saturated heterocycles. The zero-order valence-corrected chi connectivity index (χ0v) is 10.9. The molecule has 2 rings (SSSR count). The summed E-state index contributed by atoms with van der Waals surface area (Å²) in [5.41, 5.74) is 2.65. The normalized spacial score (nSPS) is 9.94. The molecule has 1 aromatic heterocycles. The van der Waals surface area contributed by atoms with Crippen LogP contribution in [0.15, 0.2) is 45.7 Å². The molecule has 0 radical (unpaired) electrons. The molecule has 86 valence electrons. The fourth-order valence-corrected chi connectivity index (χ4v) is 2.01. The Labute approximate surface area is 108 Å². The molecule has 0 saturated carbocycles. The van der Waals surface area contributed by atoms with Gasteiger partial charge in [-0.25, -0.2) is 0 Å². The average Bonchev–Trinajstić information content (AvgIpc) is 2.81. The largest absolute Gasteiger partial charge is 0.472 e. The predicted octanol–water partition coefficient (Wildman–Crippen LogP) is 3.55. The SMILES string of the molecule is CN(Cc1ccoc1)c1cc(Br)ccc1C#N. The number of hydrogen-bond acceptors (Lipinski definition) is 3. The van der Waals surface area contributed by atoms with Crippen molar-refractivity contribution in [2.45, 2.75) is 6.54 Å². The Bertz CT molecular complexity index is 543. The van der Waals surface area contributed by atoms with Crippen LogP contribution in [-0.4, -0.2) is 7.05 Å². The van der Waals surface area contributed by atoms with Gasteiger partial charge in [-0.1, -0.05) is 15.9 Å². The summed E-state index contributed by atoms with van der Waals surface area (Å²) in [7, 11) is 1.95. The first-order valence-corrected chi connectivity index (χ1v) is 5.92. The van der Waals surface area contributed by atoms with Crippen molar-refractivity contribution in [2.24, 2.45) is 0 Å². The maximum atomic E-state index is 9.07. The van der Waals surface area contributed by atoms with E-state index in [1.807, 2.05) is 36.2 Å². The third kappa shape index (κ3) is 2.69. The van der Waals surface area contributed by atoms with Gasteiger partial charge in [-0.15, -0.1) is 0 Å². The van der Waals surface area contributed by atoms with Crippen molar-refractivity contribution in [3.8, 4) is 6.07 Å². The molecule has 0 spiro atoms. The summed E-state index contributed by atoms with van der Waals surface area (Å²) in [6.07, 6.45) is 3.36. The van der Waals surface area contributed by atoms with E-state index in [2.05, 4.69) is 22.0 Å². The van der Waals surface area contributed by atoms with E-state index in [-0.39, 0.29) is 0 Å². The lowest BCUT2D eigenvalue weighted by molar-refractivity contribution is 0.563. The summed E-state index contributed by atoms with van der Waals surface area (Å²) in [6.45, 7) is 0.710. The quantitative estimate of drug-likeness (QED) is 0.868. The molecule has 0 N–H and O–H groups in total. The maximum absolute atomic E-state index is 9.07. The predicted molar refractivity (Wildman–Crippen MR) is 69.7 cm³/mol. The number of rotatable bonds is 3. The number of benzene rings is 1. The monoisotopic (exact) mass is 290 g/mol. The third-order valence-electron chi connectivity index (χ3n) is 2.49. The lowest BCUT2D eigenvalue weighted by Gasteiger charge is -2.19. The van der Waals surface area contributed by atoms with Crippen molar-refractivity contribution >= 4 is 21.6 Å². The van der Waals surface area contributed by atoms with Gasteiger partial charge in [0.1, 0.15) is 6.07 Å². The molecule has 0 aliphatic carbocycles. The Hall–Kier alpha value is -1.73. The van der Waals surface area contributed by atoms with E-state index in [0.717, 1.165) is 15.7 Å². The van der Waals surface area contributed by atoms with Crippen molar-refractivity contribution in [3.63, 3.8) is 0 Å². The van der Waals surface area contributed by atoms with Crippen molar-refractivity contribution in [2.75, 3.05) is 11.9 Å². The van der Waals surface area contributed by atoms with Crippen LogP contribution in [0.4, 0.5) is 5.69 Å². The second-order valence-electron chi connectivity index (χ2n) is 3.76. The minimum Gasteiger partial charge on any atom is -0.472 e. The molecule has 1 aromatic carbocycles. The van der Waals surface area contributed by atoms with Crippen molar-refractivity contribution < 1.29 is 4.42 Å². The zero-order chi connectivity index (χ0) is 12.3. The molecule has 4 heteroatoms. The molecule has 2 aromatic rings. The number of nitriles is 1. The summed E-state index contributed by atoms with van der Waals surface area (Å²) in [4.78, 5) is 2.02. The van der Waals surface area contributed by atoms with Gasteiger partial charge in [0.15, 0.2) is 0 Å². The Balaban J connectivity index is 2.27. The van der Waals surface area contributed by atoms with Crippen LogP contribution in [-0.2, 0) is 6.54 Å². The van der Waals surface area contributed by atoms with E-state index in [1.165, 1.54) is 0 Å². The van der Waals surface area contributed by atoms with Crippen LogP contribution >= 0.6 is 15.9 Å². The van der Waals surface area contributed by atoms with E-state index in [9.17, 15) is 0 Å². The van der Waals surface area contributed by atoms with E-state index in [0.29, 0.717) is 12.1 Å². The van der Waals surface area contributed by atoms with Crippen LogP contribution in [0.2, 0.25) is 0 Å². The number of nitrogens with zero attached hydrogens (tertiary/aromatic N) is 2. The van der Waals surface area contributed by atoms with Crippen LogP contribution in [0.5, 0.6) is 0 Å². The Morgan fingerprint density at radius 1 is 1.41 bits per heavy atom. The van der Waals surface area contributed by atoms with Gasteiger partial charge in [0.2, 0.25) is 0 Å². The highest BCUT2D eigenvalue weighted by atomic mass is 79.9. The molecule has 3 nitrogen and oxygen atoms in total. The summed E-state index contributed by atoms with van der Waals surface area (Å²) >= 11 is 3.42. The molecular weight excluding hydrogens is 280 g/mol. The molecule has 0 aliphatic heterocycles. The minimum atomic E-state index is 0.666. The fraction of sp³-hybridized carbons (Fsp3) is 0.154. The van der Waals surface area contributed by atoms with Gasteiger partial charge in [-0.2, -0.15) is 5.26 Å². The molecular formula is C13H11BrN2O. The van der Waals surface area contributed by atoms with E-state index in [4.69, 9.17) is 9.68 Å². The molecule has 1 heterocycles. The van der Waals surface area contributed by atoms with E-state index >= 15 is 0 Å². The van der Waals surface area contributed by atoms with Crippen molar-refractivity contribution in [1.82, 2.24) is 0 Å². The lowest BCUT2D eigenvalue weighted by Crippen LogP contribution is -2.17. The Morgan fingerprint density at radius 2 is 2.24 bits per heavy atom. The van der Waals surface area contributed by atoms with Crippen LogP contribution in [0.3, 0.4) is 0 Å². The van der Waals surface area contributed by atoms with Gasteiger partial charge < -0.3 is 9.32 Å². The smallest absolute Gasteiger partial charge is 0.101 e. The minimum absolute atomic E-state index is 0.666. The Kier molecular flexibility index (Phi) is 3.50. The summed E-state index contributed by atoms with van der Waals surface area (Å²) in [5.74, 6) is 0. The van der Waals surface area contributed by atoms with Gasteiger partial charge >= 0.3 is 0 Å². The molecule has 0 fully saturated rings. The van der Waals surface area contributed by atoms with Crippen LogP contribution in [0, 0.1) is 11.3 Å². The first-order valence-electron chi connectivity index (χ1n) is 5.12. The summed E-state index contributed by atoms with van der Waals surface area (Å²) in [6, 6.07) is 9.74. The van der Waals surface area contributed by atoms with Gasteiger partial charge in [0.05, 0.1) is 23.8 Å². The van der Waals surface area contributed by atoms with E-state index in [1.54, 1.807) is 12.5 Å². The Morgan fingerprint density at radius 3 is 2.88 bits per heavy atom. The second-order valence-corrected chi connectivity index (χ2v) is 4.68. The van der Waals surface area contributed by atoms with E-state index < -0.39 is 0 Å². The number of anilines is 1. The van der Waals surface area contributed by atoms with Gasteiger partial charge in [-0.05, 0) is 24.3 Å². The van der Waals surface area contributed by atoms with Crippen molar-refractivity contribution in [3.05, 3.63) is 52.4 Å². The standard InChI is InChI=1S/C13H11BrN2O/c1-16(8-10-4-5-17-9-10)13-6-12(14)3-2-11(13)7-15/h2-6,9H,8H2,1H3. The van der Waals surface area contributed by atoms with Gasteiger partial charge in [0, 0.05) is 23.6 Å². The summed E-state index contributed by atoms with van der Waals surface area (Å²) < 4.78 is 5.99. The number of furan rings is 1. The molecule has 0 aliphatic rings.